The van der Waals surface area contributed by atoms with Crippen molar-refractivity contribution in [2.75, 3.05) is 13.7 Å². The number of nitrogens with zero attached hydrogens (tertiary/aromatic N) is 6. The van der Waals surface area contributed by atoms with Crippen molar-refractivity contribution in [3.05, 3.63) is 76.7 Å². The van der Waals surface area contributed by atoms with Gasteiger partial charge >= 0.3 is 0 Å². The van der Waals surface area contributed by atoms with E-state index in [0.29, 0.717) is 34.7 Å². The third-order valence-electron chi connectivity index (χ3n) is 10.1. The van der Waals surface area contributed by atoms with Crippen LogP contribution in [-0.2, 0) is 20.6 Å². The van der Waals surface area contributed by atoms with Crippen molar-refractivity contribution in [3.63, 3.8) is 0 Å². The van der Waals surface area contributed by atoms with Crippen molar-refractivity contribution in [1.82, 2.24) is 28.6 Å². The fourth-order valence-electron chi connectivity index (χ4n) is 7.12. The number of likely N-dealkylation sites (tertiary alicyclic amines) is 1. The summed E-state index contributed by atoms with van der Waals surface area (Å²) in [6.07, 6.45) is 6.00. The minimum Gasteiger partial charge on any atom is -0.494 e. The number of pyridine rings is 2. The molecule has 2 aromatic carbocycles. The number of piperidine rings is 1. The fourth-order valence-corrected chi connectivity index (χ4v) is 7.12. The van der Waals surface area contributed by atoms with E-state index < -0.39 is 0 Å². The molecule has 1 aliphatic heterocycles. The quantitative estimate of drug-likeness (QED) is 0.261. The number of benzene rings is 2. The van der Waals surface area contributed by atoms with Crippen LogP contribution in [0.15, 0.2) is 65.6 Å². The van der Waals surface area contributed by atoms with Gasteiger partial charge in [-0.25, -0.2) is 9.97 Å². The molecule has 6 aromatic rings. The van der Waals surface area contributed by atoms with Crippen molar-refractivity contribution in [2.45, 2.75) is 51.2 Å². The topological polar surface area (TPSA) is 113 Å². The van der Waals surface area contributed by atoms with Gasteiger partial charge in [0.1, 0.15) is 16.9 Å². The van der Waals surface area contributed by atoms with Crippen LogP contribution in [0.4, 0.5) is 0 Å². The van der Waals surface area contributed by atoms with Gasteiger partial charge in [-0.15, -0.1) is 0 Å². The molecular formula is C37H39N7O3. The number of aromatic nitrogens is 5. The molecule has 1 saturated heterocycles. The number of methoxy groups -OCH3 is 1. The van der Waals surface area contributed by atoms with Crippen LogP contribution in [0.2, 0.25) is 0 Å². The largest absolute Gasteiger partial charge is 0.494 e. The second kappa shape index (κ2) is 11.1. The van der Waals surface area contributed by atoms with E-state index in [1.165, 1.54) is 12.8 Å². The maximum absolute atomic E-state index is 13.7. The smallest absolute Gasteiger partial charge is 0.258 e. The SMILES string of the molecule is COc1cc(C(=O)N2CC(N)CCC2C)cc2nc(-c3cc4ccc(-c5ccc6c(=O)n(C)ccc6c5)nc4n3CC3CC3)n(C)c12. The number of amides is 1. The van der Waals surface area contributed by atoms with Crippen molar-refractivity contribution in [2.24, 2.45) is 25.7 Å². The molecule has 240 valence electrons. The van der Waals surface area contributed by atoms with Gasteiger partial charge in [0, 0.05) is 67.4 Å². The third-order valence-corrected chi connectivity index (χ3v) is 10.1. The molecule has 1 amide bonds. The first-order valence-corrected chi connectivity index (χ1v) is 16.4. The van der Waals surface area contributed by atoms with Gasteiger partial charge in [0.05, 0.1) is 24.0 Å². The maximum atomic E-state index is 13.7. The monoisotopic (exact) mass is 629 g/mol. The highest BCUT2D eigenvalue weighted by Gasteiger charge is 2.30. The number of ether oxygens (including phenoxy) is 1. The summed E-state index contributed by atoms with van der Waals surface area (Å²) >= 11 is 0. The standard InChI is InChI=1S/C37H39N7O3/c1-21-5-10-27(38)20-43(21)36(45)26-16-30-33(32(18-26)47-4)42(3)35(40-30)31-17-25-9-12-29(39-34(25)44(31)19-22-6-7-22)24-8-11-28-23(15-24)13-14-41(2)37(28)46/h8-9,11-18,21-22,27H,5-7,10,19-20,38H2,1-4H3. The molecule has 10 heteroatoms. The summed E-state index contributed by atoms with van der Waals surface area (Å²) in [6.45, 7) is 3.47. The Hall–Kier alpha value is -4.96. The molecule has 2 aliphatic rings. The van der Waals surface area contributed by atoms with Crippen LogP contribution in [0.25, 0.3) is 55.6 Å². The highest BCUT2D eigenvalue weighted by atomic mass is 16.5. The summed E-state index contributed by atoms with van der Waals surface area (Å²) in [5.74, 6) is 1.95. The molecule has 2 fully saturated rings. The van der Waals surface area contributed by atoms with Gasteiger partial charge in [-0.3, -0.25) is 9.59 Å². The van der Waals surface area contributed by atoms with Crippen molar-refractivity contribution in [3.8, 4) is 28.5 Å². The normalized spacial score (nSPS) is 18.4. The second-order valence-corrected chi connectivity index (χ2v) is 13.4. The number of carbonyl (C=O) groups is 1. The first-order chi connectivity index (χ1) is 22.7. The number of rotatable bonds is 6. The molecule has 10 nitrogen and oxygen atoms in total. The zero-order valence-electron chi connectivity index (χ0n) is 27.2. The molecule has 0 bridgehead atoms. The van der Waals surface area contributed by atoms with E-state index >= 15 is 0 Å². The predicted molar refractivity (Wildman–Crippen MR) is 185 cm³/mol. The Morgan fingerprint density at radius 3 is 2.60 bits per heavy atom. The average Bonchev–Trinajstić information content (AvgIpc) is 3.75. The van der Waals surface area contributed by atoms with E-state index in [1.807, 2.05) is 54.4 Å². The lowest BCUT2D eigenvalue weighted by Gasteiger charge is -2.36. The van der Waals surface area contributed by atoms with E-state index in [9.17, 15) is 9.59 Å². The molecule has 2 atom stereocenters. The molecule has 1 saturated carbocycles. The summed E-state index contributed by atoms with van der Waals surface area (Å²) in [6, 6.07) is 18.0. The Labute approximate surface area is 272 Å². The van der Waals surface area contributed by atoms with Crippen molar-refractivity contribution < 1.29 is 9.53 Å². The lowest BCUT2D eigenvalue weighted by molar-refractivity contribution is 0.0612. The van der Waals surface area contributed by atoms with Gasteiger partial charge in [0.15, 0.2) is 5.82 Å². The summed E-state index contributed by atoms with van der Waals surface area (Å²) in [4.78, 5) is 38.6. The summed E-state index contributed by atoms with van der Waals surface area (Å²) in [5.41, 5.74) is 12.0. The van der Waals surface area contributed by atoms with E-state index in [4.69, 9.17) is 20.4 Å². The molecule has 2 unspecified atom stereocenters. The van der Waals surface area contributed by atoms with Gasteiger partial charge in [-0.05, 0) is 92.4 Å². The van der Waals surface area contributed by atoms with Crippen LogP contribution in [0, 0.1) is 5.92 Å². The number of nitrogens with two attached hydrogens (primary N) is 1. The zero-order chi connectivity index (χ0) is 32.6. The van der Waals surface area contributed by atoms with Crippen LogP contribution in [-0.4, -0.2) is 60.2 Å². The minimum atomic E-state index is -0.0475. The number of aryl methyl sites for hydroxylation is 2. The van der Waals surface area contributed by atoms with Gasteiger partial charge in [0.25, 0.3) is 11.5 Å². The van der Waals surface area contributed by atoms with Crippen LogP contribution in [0.1, 0.15) is 43.0 Å². The van der Waals surface area contributed by atoms with Crippen LogP contribution < -0.4 is 16.0 Å². The number of fused-ring (bicyclic) bond motifs is 3. The van der Waals surface area contributed by atoms with Crippen molar-refractivity contribution in [1.29, 1.82) is 0 Å². The zero-order valence-corrected chi connectivity index (χ0v) is 27.2. The summed E-state index contributed by atoms with van der Waals surface area (Å²) in [7, 11) is 5.40. The summed E-state index contributed by atoms with van der Waals surface area (Å²) < 4.78 is 11.8. The highest BCUT2D eigenvalue weighted by molar-refractivity contribution is 6.00. The van der Waals surface area contributed by atoms with E-state index in [0.717, 1.165) is 64.1 Å². The Morgan fingerprint density at radius 2 is 1.81 bits per heavy atom. The highest BCUT2D eigenvalue weighted by Crippen LogP contribution is 2.38. The van der Waals surface area contributed by atoms with E-state index in [-0.39, 0.29) is 23.6 Å². The second-order valence-electron chi connectivity index (χ2n) is 13.4. The molecule has 0 spiro atoms. The summed E-state index contributed by atoms with van der Waals surface area (Å²) in [5, 5.41) is 2.62. The van der Waals surface area contributed by atoms with Gasteiger partial charge < -0.3 is 29.1 Å². The number of imidazole rings is 1. The maximum Gasteiger partial charge on any atom is 0.258 e. The fraction of sp³-hybridized carbons (Fsp3) is 0.351. The van der Waals surface area contributed by atoms with Crippen molar-refractivity contribution >= 4 is 38.7 Å². The molecule has 1 aliphatic carbocycles. The van der Waals surface area contributed by atoms with E-state index in [1.54, 1.807) is 24.9 Å². The van der Waals surface area contributed by atoms with Gasteiger partial charge in [0.2, 0.25) is 0 Å². The Bertz CT molecular complexity index is 2280. The average molecular weight is 630 g/mol. The molecule has 0 radical (unpaired) electrons. The molecule has 5 heterocycles. The van der Waals surface area contributed by atoms with Gasteiger partial charge in [-0.1, -0.05) is 6.07 Å². The third kappa shape index (κ3) is 4.98. The molecule has 4 aromatic heterocycles. The number of hydrogen-bond acceptors (Lipinski definition) is 6. The lowest BCUT2D eigenvalue weighted by Crippen LogP contribution is -2.50. The van der Waals surface area contributed by atoms with Crippen LogP contribution >= 0.6 is 0 Å². The first-order valence-electron chi connectivity index (χ1n) is 16.4. The predicted octanol–water partition coefficient (Wildman–Crippen LogP) is 5.48. The minimum absolute atomic E-state index is 0.0127. The Kier molecular flexibility index (Phi) is 6.94. The molecule has 8 rings (SSSR count). The molecule has 47 heavy (non-hydrogen) atoms. The van der Waals surface area contributed by atoms with Crippen LogP contribution in [0.5, 0.6) is 5.75 Å². The number of hydrogen-bond donors (Lipinski definition) is 1. The molecular weight excluding hydrogens is 590 g/mol. The van der Waals surface area contributed by atoms with Gasteiger partial charge in [-0.2, -0.15) is 0 Å². The Morgan fingerprint density at radius 1 is 0.979 bits per heavy atom. The molecule has 2 N–H and O–H groups in total. The Balaban J connectivity index is 1.24. The number of carbonyl (C=O) groups excluding carboxylic acids is 1. The van der Waals surface area contributed by atoms with Crippen LogP contribution in [0.3, 0.4) is 0 Å². The first kappa shape index (κ1) is 29.4. The van der Waals surface area contributed by atoms with E-state index in [2.05, 4.69) is 28.2 Å². The lowest BCUT2D eigenvalue weighted by atomic mass is 9.99.